The fourth-order valence-electron chi connectivity index (χ4n) is 3.16. The van der Waals surface area contributed by atoms with E-state index in [2.05, 4.69) is 18.2 Å². The maximum Gasteiger partial charge on any atom is 0.310 e. The van der Waals surface area contributed by atoms with Crippen LogP contribution in [-0.4, -0.2) is 11.6 Å². The average Bonchev–Trinajstić information content (AvgIpc) is 2.51. The fourth-order valence-corrected chi connectivity index (χ4v) is 3.16. The smallest absolute Gasteiger partial charge is 0.310 e. The zero-order chi connectivity index (χ0) is 13.3. The van der Waals surface area contributed by atoms with Gasteiger partial charge in [0, 0.05) is 5.92 Å². The molecule has 0 aromatic carbocycles. The molecule has 0 saturated carbocycles. The first-order valence-electron chi connectivity index (χ1n) is 6.70. The van der Waals surface area contributed by atoms with E-state index >= 15 is 0 Å². The second-order valence-electron chi connectivity index (χ2n) is 5.70. The molecule has 2 aliphatic rings. The van der Waals surface area contributed by atoms with Crippen LogP contribution in [0, 0.1) is 11.8 Å². The zero-order valence-corrected chi connectivity index (χ0v) is 11.7. The van der Waals surface area contributed by atoms with Crippen molar-refractivity contribution < 1.29 is 9.53 Å². The molecule has 0 bridgehead atoms. The Bertz CT molecular complexity index is 438. The lowest BCUT2D eigenvalue weighted by molar-refractivity contribution is -0.148. The Morgan fingerprint density at radius 3 is 2.22 bits per heavy atom. The molecule has 18 heavy (non-hydrogen) atoms. The van der Waals surface area contributed by atoms with Crippen LogP contribution in [0.4, 0.5) is 0 Å². The highest BCUT2D eigenvalue weighted by molar-refractivity contribution is 5.77. The number of ether oxygens (including phenoxy) is 1. The van der Waals surface area contributed by atoms with Crippen molar-refractivity contribution in [1.82, 2.24) is 0 Å². The second kappa shape index (κ2) is 4.75. The third-order valence-electron chi connectivity index (χ3n) is 4.07. The molecule has 2 heteroatoms. The summed E-state index contributed by atoms with van der Waals surface area (Å²) in [7, 11) is 0. The lowest BCUT2D eigenvalue weighted by atomic mass is 9.71. The number of rotatable bonds is 2. The number of cyclic esters (lactones) is 1. The van der Waals surface area contributed by atoms with E-state index in [1.165, 1.54) is 11.1 Å². The number of hydrogen-bond donors (Lipinski definition) is 0. The summed E-state index contributed by atoms with van der Waals surface area (Å²) in [4.78, 5) is 12.0. The molecule has 0 N–H and O–H groups in total. The van der Waals surface area contributed by atoms with Gasteiger partial charge >= 0.3 is 5.97 Å². The Labute approximate surface area is 109 Å². The summed E-state index contributed by atoms with van der Waals surface area (Å²) in [6, 6.07) is 0. The minimum Gasteiger partial charge on any atom is -0.459 e. The number of esters is 1. The van der Waals surface area contributed by atoms with Crippen molar-refractivity contribution in [1.29, 1.82) is 0 Å². The molecule has 0 radical (unpaired) electrons. The second-order valence-corrected chi connectivity index (χ2v) is 5.70. The SMILES string of the molecule is C/C=C\C1=C(/C=C\C)CC2C(C1)C(=O)OC2(C)C. The molecule has 1 heterocycles. The van der Waals surface area contributed by atoms with E-state index in [1.54, 1.807) is 0 Å². The average molecular weight is 246 g/mol. The van der Waals surface area contributed by atoms with Crippen molar-refractivity contribution >= 4 is 5.97 Å². The topological polar surface area (TPSA) is 26.3 Å². The van der Waals surface area contributed by atoms with Crippen LogP contribution in [-0.2, 0) is 9.53 Å². The molecule has 2 nitrogen and oxygen atoms in total. The molecular formula is C16H22O2. The van der Waals surface area contributed by atoms with Gasteiger partial charge in [-0.2, -0.15) is 0 Å². The predicted octanol–water partition coefficient (Wildman–Crippen LogP) is 3.80. The van der Waals surface area contributed by atoms with Crippen LogP contribution in [0.3, 0.4) is 0 Å². The van der Waals surface area contributed by atoms with Crippen LogP contribution in [0.15, 0.2) is 35.5 Å². The fraction of sp³-hybridized carbons (Fsp3) is 0.562. The van der Waals surface area contributed by atoms with Gasteiger partial charge in [0.2, 0.25) is 0 Å². The molecule has 1 fully saturated rings. The monoisotopic (exact) mass is 246 g/mol. The highest BCUT2D eigenvalue weighted by Gasteiger charge is 2.51. The van der Waals surface area contributed by atoms with E-state index in [0.717, 1.165) is 12.8 Å². The zero-order valence-electron chi connectivity index (χ0n) is 11.7. The maximum atomic E-state index is 12.0. The Morgan fingerprint density at radius 1 is 1.11 bits per heavy atom. The lowest BCUT2D eigenvalue weighted by Crippen LogP contribution is -2.32. The van der Waals surface area contributed by atoms with Gasteiger partial charge in [-0.1, -0.05) is 24.3 Å². The lowest BCUT2D eigenvalue weighted by Gasteiger charge is -2.31. The summed E-state index contributed by atoms with van der Waals surface area (Å²) < 4.78 is 5.53. The quantitative estimate of drug-likeness (QED) is 0.693. The van der Waals surface area contributed by atoms with Gasteiger partial charge in [0.15, 0.2) is 0 Å². The Balaban J connectivity index is 2.37. The van der Waals surface area contributed by atoms with Gasteiger partial charge in [-0.05, 0) is 51.7 Å². The van der Waals surface area contributed by atoms with Gasteiger partial charge in [0.05, 0.1) is 5.92 Å². The molecule has 1 aliphatic carbocycles. The van der Waals surface area contributed by atoms with E-state index in [1.807, 2.05) is 33.8 Å². The van der Waals surface area contributed by atoms with Gasteiger partial charge in [0.1, 0.15) is 5.60 Å². The summed E-state index contributed by atoms with van der Waals surface area (Å²) in [6.45, 7) is 8.12. The summed E-state index contributed by atoms with van der Waals surface area (Å²) >= 11 is 0. The number of carbonyl (C=O) groups is 1. The summed E-state index contributed by atoms with van der Waals surface area (Å²) in [6.07, 6.45) is 10.2. The van der Waals surface area contributed by atoms with Crippen molar-refractivity contribution in [3.63, 3.8) is 0 Å². The van der Waals surface area contributed by atoms with Crippen molar-refractivity contribution in [3.05, 3.63) is 35.5 Å². The van der Waals surface area contributed by atoms with E-state index in [4.69, 9.17) is 4.74 Å². The molecule has 2 rings (SSSR count). The third-order valence-corrected chi connectivity index (χ3v) is 4.07. The summed E-state index contributed by atoms with van der Waals surface area (Å²) in [5.41, 5.74) is 2.31. The largest absolute Gasteiger partial charge is 0.459 e. The molecular weight excluding hydrogens is 224 g/mol. The van der Waals surface area contributed by atoms with Crippen LogP contribution in [0.2, 0.25) is 0 Å². The first kappa shape index (κ1) is 13.1. The van der Waals surface area contributed by atoms with Gasteiger partial charge in [-0.15, -0.1) is 0 Å². The van der Waals surface area contributed by atoms with E-state index in [0.29, 0.717) is 5.92 Å². The standard InChI is InChI=1S/C16H22O2/c1-5-7-11-9-13-14(10-12(11)8-6-2)16(3,4)18-15(13)17/h5-8,13-14H,9-10H2,1-4H3/b7-5-,8-6-. The van der Waals surface area contributed by atoms with Gasteiger partial charge in [-0.3, -0.25) is 4.79 Å². The first-order valence-corrected chi connectivity index (χ1v) is 6.70. The Hall–Kier alpha value is -1.31. The molecule has 0 aromatic rings. The predicted molar refractivity (Wildman–Crippen MR) is 73.0 cm³/mol. The maximum absolute atomic E-state index is 12.0. The summed E-state index contributed by atoms with van der Waals surface area (Å²) in [5.74, 6) is 0.331. The minimum atomic E-state index is -0.323. The van der Waals surface area contributed by atoms with Crippen LogP contribution in [0.1, 0.15) is 40.5 Å². The number of hydrogen-bond acceptors (Lipinski definition) is 2. The van der Waals surface area contributed by atoms with Gasteiger partial charge in [0.25, 0.3) is 0 Å². The molecule has 0 aromatic heterocycles. The minimum absolute atomic E-state index is 0.0217. The number of carbonyl (C=O) groups excluding carboxylic acids is 1. The number of fused-ring (bicyclic) bond motifs is 1. The highest BCUT2D eigenvalue weighted by atomic mass is 16.6. The third kappa shape index (κ3) is 2.16. The molecule has 1 aliphatic heterocycles. The van der Waals surface area contributed by atoms with Crippen LogP contribution < -0.4 is 0 Å². The van der Waals surface area contributed by atoms with Crippen molar-refractivity contribution in [2.45, 2.75) is 46.1 Å². The summed E-state index contributed by atoms with van der Waals surface area (Å²) in [5, 5.41) is 0. The Kier molecular flexibility index (Phi) is 3.47. The normalized spacial score (nSPS) is 31.2. The molecule has 2 unspecified atom stereocenters. The number of allylic oxidation sites excluding steroid dienone is 6. The van der Waals surface area contributed by atoms with Crippen LogP contribution in [0.5, 0.6) is 0 Å². The molecule has 1 saturated heterocycles. The van der Waals surface area contributed by atoms with E-state index in [9.17, 15) is 4.79 Å². The highest BCUT2D eigenvalue weighted by Crippen LogP contribution is 2.47. The van der Waals surface area contributed by atoms with Crippen molar-refractivity contribution in [2.75, 3.05) is 0 Å². The van der Waals surface area contributed by atoms with Gasteiger partial charge < -0.3 is 4.74 Å². The van der Waals surface area contributed by atoms with Crippen LogP contribution in [0.25, 0.3) is 0 Å². The van der Waals surface area contributed by atoms with Gasteiger partial charge in [-0.25, -0.2) is 0 Å². The molecule has 0 spiro atoms. The molecule has 0 amide bonds. The van der Waals surface area contributed by atoms with E-state index in [-0.39, 0.29) is 17.5 Å². The van der Waals surface area contributed by atoms with Crippen LogP contribution >= 0.6 is 0 Å². The molecule has 98 valence electrons. The van der Waals surface area contributed by atoms with Crippen molar-refractivity contribution in [2.24, 2.45) is 11.8 Å². The van der Waals surface area contributed by atoms with Crippen molar-refractivity contribution in [3.8, 4) is 0 Å². The molecule has 2 atom stereocenters. The Morgan fingerprint density at radius 2 is 1.67 bits per heavy atom. The van der Waals surface area contributed by atoms with E-state index < -0.39 is 0 Å². The first-order chi connectivity index (χ1) is 8.49.